The van der Waals surface area contributed by atoms with Crippen LogP contribution in [-0.2, 0) is 13.5 Å². The zero-order valence-corrected chi connectivity index (χ0v) is 13.2. The highest BCUT2D eigenvalue weighted by Gasteiger charge is 2.16. The Labute approximate surface area is 123 Å². The van der Waals surface area contributed by atoms with E-state index in [2.05, 4.69) is 62.8 Å². The van der Waals surface area contributed by atoms with Gasteiger partial charge < -0.3 is 9.88 Å². The summed E-state index contributed by atoms with van der Waals surface area (Å²) in [6, 6.07) is 6.76. The number of halogens is 1. The lowest BCUT2D eigenvalue weighted by Crippen LogP contribution is -2.24. The molecule has 0 fully saturated rings. The second-order valence-electron chi connectivity index (χ2n) is 4.79. The summed E-state index contributed by atoms with van der Waals surface area (Å²) in [5.41, 5.74) is 2.57. The van der Waals surface area contributed by atoms with Gasteiger partial charge in [-0.05, 0) is 25.1 Å². The van der Waals surface area contributed by atoms with E-state index in [1.807, 2.05) is 19.4 Å². The molecule has 102 valence electrons. The topological polar surface area (TPSA) is 29.9 Å². The molecule has 0 amide bonds. The van der Waals surface area contributed by atoms with Gasteiger partial charge >= 0.3 is 0 Å². The molecular formula is C15H20BrN3. The van der Waals surface area contributed by atoms with E-state index in [1.54, 1.807) is 0 Å². The van der Waals surface area contributed by atoms with Gasteiger partial charge in [-0.3, -0.25) is 0 Å². The minimum atomic E-state index is 0.278. The number of hydrogen-bond acceptors (Lipinski definition) is 2. The van der Waals surface area contributed by atoms with E-state index in [-0.39, 0.29) is 6.04 Å². The van der Waals surface area contributed by atoms with Crippen LogP contribution >= 0.6 is 15.9 Å². The number of nitrogens with one attached hydrogen (secondary N) is 1. The molecule has 1 N–H and O–H groups in total. The number of rotatable bonds is 5. The first-order chi connectivity index (χ1) is 9.11. The maximum atomic E-state index is 4.42. The van der Waals surface area contributed by atoms with E-state index >= 15 is 0 Å². The molecule has 0 bridgehead atoms. The van der Waals surface area contributed by atoms with Gasteiger partial charge in [-0.15, -0.1) is 0 Å². The number of nitrogens with zero attached hydrogens (tertiary/aromatic N) is 2. The van der Waals surface area contributed by atoms with Gasteiger partial charge in [0.2, 0.25) is 0 Å². The molecule has 2 rings (SSSR count). The Kier molecular flexibility index (Phi) is 4.77. The van der Waals surface area contributed by atoms with E-state index < -0.39 is 0 Å². The molecule has 3 nitrogen and oxygen atoms in total. The van der Waals surface area contributed by atoms with Crippen molar-refractivity contribution < 1.29 is 0 Å². The van der Waals surface area contributed by atoms with Crippen LogP contribution in [0.3, 0.4) is 0 Å². The van der Waals surface area contributed by atoms with Crippen LogP contribution in [0.2, 0.25) is 0 Å². The summed E-state index contributed by atoms with van der Waals surface area (Å²) in [6.45, 7) is 5.20. The van der Waals surface area contributed by atoms with Gasteiger partial charge in [-0.1, -0.05) is 40.5 Å². The fourth-order valence-electron chi connectivity index (χ4n) is 2.24. The fraction of sp³-hybridized carbons (Fsp3) is 0.400. The average Bonchev–Trinajstić information content (AvgIpc) is 2.78. The van der Waals surface area contributed by atoms with E-state index in [1.165, 1.54) is 11.1 Å². The first-order valence-corrected chi connectivity index (χ1v) is 7.36. The number of likely N-dealkylation sites (N-methyl/N-ethyl adjacent to an activating group) is 1. The molecule has 2 aromatic rings. The maximum absolute atomic E-state index is 4.42. The number of hydrogen-bond donors (Lipinski definition) is 1. The van der Waals surface area contributed by atoms with Crippen LogP contribution in [0.1, 0.15) is 29.9 Å². The minimum Gasteiger partial charge on any atom is -0.338 e. The van der Waals surface area contributed by atoms with Gasteiger partial charge in [0.1, 0.15) is 5.82 Å². The van der Waals surface area contributed by atoms with Crippen LogP contribution in [0.15, 0.2) is 35.1 Å². The maximum Gasteiger partial charge on any atom is 0.110 e. The monoisotopic (exact) mass is 321 g/mol. The highest BCUT2D eigenvalue weighted by Crippen LogP contribution is 2.26. The molecular weight excluding hydrogens is 302 g/mol. The van der Waals surface area contributed by atoms with Crippen LogP contribution < -0.4 is 5.32 Å². The van der Waals surface area contributed by atoms with Crippen LogP contribution in [-0.4, -0.2) is 16.1 Å². The van der Waals surface area contributed by atoms with Crippen LogP contribution in [0.4, 0.5) is 0 Å². The Morgan fingerprint density at radius 1 is 1.42 bits per heavy atom. The molecule has 0 aliphatic heterocycles. The van der Waals surface area contributed by atoms with Gasteiger partial charge in [-0.25, -0.2) is 4.98 Å². The van der Waals surface area contributed by atoms with Gasteiger partial charge in [0.15, 0.2) is 0 Å². The Morgan fingerprint density at radius 3 is 2.84 bits per heavy atom. The van der Waals surface area contributed by atoms with Crippen LogP contribution in [0, 0.1) is 6.92 Å². The second-order valence-corrected chi connectivity index (χ2v) is 5.65. The van der Waals surface area contributed by atoms with E-state index in [0.717, 1.165) is 23.3 Å². The first kappa shape index (κ1) is 14.3. The van der Waals surface area contributed by atoms with Crippen molar-refractivity contribution in [3.63, 3.8) is 0 Å². The quantitative estimate of drug-likeness (QED) is 0.914. The Bertz CT molecular complexity index is 548. The van der Waals surface area contributed by atoms with Crippen LogP contribution in [0.5, 0.6) is 0 Å². The third-order valence-corrected chi connectivity index (χ3v) is 4.01. The SMILES string of the molecule is CCNC(Cc1nccn1C)c1cc(C)ccc1Br. The van der Waals surface area contributed by atoms with Crippen molar-refractivity contribution in [2.45, 2.75) is 26.3 Å². The molecule has 0 aliphatic rings. The van der Waals surface area contributed by atoms with Gasteiger partial charge in [0.05, 0.1) is 0 Å². The zero-order chi connectivity index (χ0) is 13.8. The molecule has 0 saturated heterocycles. The molecule has 1 aromatic carbocycles. The molecule has 0 aliphatic carbocycles. The Hall–Kier alpha value is -1.13. The molecule has 19 heavy (non-hydrogen) atoms. The molecule has 0 radical (unpaired) electrons. The van der Waals surface area contributed by atoms with Crippen molar-refractivity contribution in [2.24, 2.45) is 7.05 Å². The second kappa shape index (κ2) is 6.35. The lowest BCUT2D eigenvalue weighted by atomic mass is 10.0. The zero-order valence-electron chi connectivity index (χ0n) is 11.7. The number of benzene rings is 1. The predicted octanol–water partition coefficient (Wildman–Crippen LogP) is 3.38. The molecule has 1 heterocycles. The summed E-state index contributed by atoms with van der Waals surface area (Å²) in [6.07, 6.45) is 4.73. The largest absolute Gasteiger partial charge is 0.338 e. The predicted molar refractivity (Wildman–Crippen MR) is 82.2 cm³/mol. The average molecular weight is 322 g/mol. The smallest absolute Gasteiger partial charge is 0.110 e. The number of aryl methyl sites for hydroxylation is 2. The third kappa shape index (κ3) is 3.45. The highest BCUT2D eigenvalue weighted by atomic mass is 79.9. The summed E-state index contributed by atoms with van der Waals surface area (Å²) in [4.78, 5) is 4.42. The van der Waals surface area contributed by atoms with E-state index in [4.69, 9.17) is 0 Å². The summed E-state index contributed by atoms with van der Waals surface area (Å²) in [5.74, 6) is 1.10. The number of imidazole rings is 1. The third-order valence-electron chi connectivity index (χ3n) is 3.29. The standard InChI is InChI=1S/C15H20BrN3/c1-4-17-14(10-15-18-7-8-19(15)3)12-9-11(2)5-6-13(12)16/h5-9,14,17H,4,10H2,1-3H3. The van der Waals surface area contributed by atoms with Crippen molar-refractivity contribution in [1.29, 1.82) is 0 Å². The molecule has 1 atom stereocenters. The first-order valence-electron chi connectivity index (χ1n) is 6.57. The molecule has 4 heteroatoms. The van der Waals surface area contributed by atoms with Crippen LogP contribution in [0.25, 0.3) is 0 Å². The minimum absolute atomic E-state index is 0.278. The van der Waals surface area contributed by atoms with Crippen molar-refractivity contribution in [3.8, 4) is 0 Å². The van der Waals surface area contributed by atoms with Crippen molar-refractivity contribution >= 4 is 15.9 Å². The highest BCUT2D eigenvalue weighted by molar-refractivity contribution is 9.10. The van der Waals surface area contributed by atoms with E-state index in [9.17, 15) is 0 Å². The van der Waals surface area contributed by atoms with Crippen molar-refractivity contribution in [3.05, 3.63) is 52.0 Å². The summed E-state index contributed by atoms with van der Waals surface area (Å²) in [7, 11) is 2.04. The van der Waals surface area contributed by atoms with Crippen molar-refractivity contribution in [2.75, 3.05) is 6.54 Å². The summed E-state index contributed by atoms with van der Waals surface area (Å²) in [5, 5.41) is 3.55. The number of aromatic nitrogens is 2. The fourth-order valence-corrected chi connectivity index (χ4v) is 2.77. The van der Waals surface area contributed by atoms with E-state index in [0.29, 0.717) is 0 Å². The van der Waals surface area contributed by atoms with Gasteiger partial charge in [0.25, 0.3) is 0 Å². The van der Waals surface area contributed by atoms with Crippen molar-refractivity contribution in [1.82, 2.24) is 14.9 Å². The lowest BCUT2D eigenvalue weighted by molar-refractivity contribution is 0.527. The normalized spacial score (nSPS) is 12.6. The Morgan fingerprint density at radius 2 is 2.21 bits per heavy atom. The summed E-state index contributed by atoms with van der Waals surface area (Å²) >= 11 is 3.66. The van der Waals surface area contributed by atoms with Gasteiger partial charge in [-0.2, -0.15) is 0 Å². The molecule has 1 aromatic heterocycles. The van der Waals surface area contributed by atoms with Gasteiger partial charge in [0, 0.05) is 36.4 Å². The lowest BCUT2D eigenvalue weighted by Gasteiger charge is -2.20. The Balaban J connectivity index is 2.29. The molecule has 0 saturated carbocycles. The molecule has 0 spiro atoms. The molecule has 1 unspecified atom stereocenters. The summed E-state index contributed by atoms with van der Waals surface area (Å²) < 4.78 is 3.23.